The molecule has 5 heteroatoms. The SMILES string of the molecule is C[C@@H]1c2c([nH]c3ccc(C(F)(F)F)cc23)C[C@@H]2CCN(C)C[C@H]21. The quantitative estimate of drug-likeness (QED) is 0.761. The molecule has 0 bridgehead atoms. The van der Waals surface area contributed by atoms with E-state index in [0.717, 1.165) is 41.7 Å². The number of nitrogens with zero attached hydrogens (tertiary/aromatic N) is 1. The van der Waals surface area contributed by atoms with E-state index in [9.17, 15) is 13.2 Å². The number of likely N-dealkylation sites (tertiary alicyclic amines) is 1. The zero-order chi connectivity index (χ0) is 16.4. The number of benzene rings is 1. The highest BCUT2D eigenvalue weighted by Gasteiger charge is 2.39. The second kappa shape index (κ2) is 5.00. The number of hydrogen-bond acceptors (Lipinski definition) is 1. The smallest absolute Gasteiger partial charge is 0.358 e. The second-order valence-electron chi connectivity index (χ2n) is 7.24. The largest absolute Gasteiger partial charge is 0.416 e. The van der Waals surface area contributed by atoms with Gasteiger partial charge in [-0.05, 0) is 68.0 Å². The lowest BCUT2D eigenvalue weighted by Crippen LogP contribution is -2.43. The van der Waals surface area contributed by atoms with E-state index < -0.39 is 11.7 Å². The number of alkyl halides is 3. The van der Waals surface area contributed by atoms with Crippen molar-refractivity contribution in [1.82, 2.24) is 9.88 Å². The van der Waals surface area contributed by atoms with Gasteiger partial charge >= 0.3 is 6.18 Å². The highest BCUT2D eigenvalue weighted by Crippen LogP contribution is 2.46. The van der Waals surface area contributed by atoms with Gasteiger partial charge in [-0.15, -0.1) is 0 Å². The van der Waals surface area contributed by atoms with Gasteiger partial charge in [0.05, 0.1) is 5.56 Å². The summed E-state index contributed by atoms with van der Waals surface area (Å²) in [6.45, 7) is 4.33. The molecule has 23 heavy (non-hydrogen) atoms. The molecule has 1 aromatic carbocycles. The number of H-pyrrole nitrogens is 1. The average molecular weight is 322 g/mol. The summed E-state index contributed by atoms with van der Waals surface area (Å²) in [6, 6.07) is 4.09. The van der Waals surface area contributed by atoms with Crippen molar-refractivity contribution in [2.24, 2.45) is 11.8 Å². The zero-order valence-corrected chi connectivity index (χ0v) is 13.4. The summed E-state index contributed by atoms with van der Waals surface area (Å²) in [4.78, 5) is 5.73. The van der Waals surface area contributed by atoms with Crippen molar-refractivity contribution in [1.29, 1.82) is 0 Å². The molecule has 1 aromatic heterocycles. The summed E-state index contributed by atoms with van der Waals surface area (Å²) in [6.07, 6.45) is -2.15. The fourth-order valence-corrected chi connectivity index (χ4v) is 4.62. The molecular weight excluding hydrogens is 301 g/mol. The topological polar surface area (TPSA) is 19.0 Å². The third-order valence-corrected chi connectivity index (χ3v) is 5.82. The summed E-state index contributed by atoms with van der Waals surface area (Å²) in [7, 11) is 2.13. The lowest BCUT2D eigenvalue weighted by Gasteiger charge is -2.43. The van der Waals surface area contributed by atoms with E-state index >= 15 is 0 Å². The molecule has 2 nitrogen and oxygen atoms in total. The van der Waals surface area contributed by atoms with E-state index in [-0.39, 0.29) is 0 Å². The Morgan fingerprint density at radius 3 is 2.78 bits per heavy atom. The standard InChI is InChI=1S/C18H21F3N2/c1-10-14-9-23(2)6-5-11(14)7-16-17(10)13-8-12(18(19,20)21)3-4-15(13)22-16/h3-4,8,10-11,14,22H,5-7,9H2,1-2H3/t10-,11-,14-/m0/s1. The fraction of sp³-hybridized carbons (Fsp3) is 0.556. The van der Waals surface area contributed by atoms with Crippen molar-refractivity contribution >= 4 is 10.9 Å². The molecule has 2 aliphatic rings. The number of rotatable bonds is 0. The molecule has 0 unspecified atom stereocenters. The Labute approximate surface area is 133 Å². The first kappa shape index (κ1) is 15.1. The van der Waals surface area contributed by atoms with Crippen LogP contribution in [0.5, 0.6) is 0 Å². The Hall–Kier alpha value is -1.49. The molecule has 1 aliphatic heterocycles. The monoisotopic (exact) mass is 322 g/mol. The summed E-state index contributed by atoms with van der Waals surface area (Å²) in [5, 5.41) is 0.758. The Morgan fingerprint density at radius 1 is 1.26 bits per heavy atom. The van der Waals surface area contributed by atoms with Crippen LogP contribution in [0.3, 0.4) is 0 Å². The minimum Gasteiger partial charge on any atom is -0.358 e. The molecular formula is C18H21F3N2. The fourth-order valence-electron chi connectivity index (χ4n) is 4.62. The van der Waals surface area contributed by atoms with Crippen LogP contribution in [-0.2, 0) is 12.6 Å². The molecule has 1 aliphatic carbocycles. The molecule has 3 atom stereocenters. The first-order valence-electron chi connectivity index (χ1n) is 8.25. The van der Waals surface area contributed by atoms with E-state index in [4.69, 9.17) is 0 Å². The number of piperidine rings is 1. The van der Waals surface area contributed by atoms with Crippen molar-refractivity contribution in [2.75, 3.05) is 20.1 Å². The number of fused-ring (bicyclic) bond motifs is 4. The number of nitrogens with one attached hydrogen (secondary N) is 1. The minimum absolute atomic E-state index is 0.295. The van der Waals surface area contributed by atoms with Crippen molar-refractivity contribution < 1.29 is 13.2 Å². The van der Waals surface area contributed by atoms with Crippen LogP contribution in [0.4, 0.5) is 13.2 Å². The molecule has 1 N–H and O–H groups in total. The van der Waals surface area contributed by atoms with E-state index in [1.165, 1.54) is 18.6 Å². The van der Waals surface area contributed by atoms with Gasteiger partial charge in [0.2, 0.25) is 0 Å². The Bertz CT molecular complexity index is 747. The number of aromatic nitrogens is 1. The number of hydrogen-bond donors (Lipinski definition) is 1. The normalized spacial score (nSPS) is 28.7. The van der Waals surface area contributed by atoms with Crippen molar-refractivity contribution in [3.8, 4) is 0 Å². The Kier molecular flexibility index (Phi) is 3.28. The molecule has 1 saturated heterocycles. The van der Waals surface area contributed by atoms with Crippen LogP contribution in [0.2, 0.25) is 0 Å². The van der Waals surface area contributed by atoms with E-state index in [2.05, 4.69) is 23.9 Å². The van der Waals surface area contributed by atoms with Crippen LogP contribution in [0.15, 0.2) is 18.2 Å². The van der Waals surface area contributed by atoms with Crippen LogP contribution >= 0.6 is 0 Å². The van der Waals surface area contributed by atoms with Crippen LogP contribution in [-0.4, -0.2) is 30.0 Å². The van der Waals surface area contributed by atoms with Gasteiger partial charge < -0.3 is 9.88 Å². The van der Waals surface area contributed by atoms with Crippen LogP contribution in [0.25, 0.3) is 10.9 Å². The summed E-state index contributed by atoms with van der Waals surface area (Å²) in [5.74, 6) is 1.47. The molecule has 0 saturated carbocycles. The van der Waals surface area contributed by atoms with Gasteiger partial charge in [-0.25, -0.2) is 0 Å². The molecule has 0 spiro atoms. The molecule has 124 valence electrons. The maximum absolute atomic E-state index is 13.1. The molecule has 0 radical (unpaired) electrons. The van der Waals surface area contributed by atoms with Gasteiger partial charge in [-0.2, -0.15) is 13.2 Å². The van der Waals surface area contributed by atoms with Crippen LogP contribution in [0.1, 0.15) is 36.1 Å². The van der Waals surface area contributed by atoms with Crippen molar-refractivity contribution in [3.63, 3.8) is 0 Å². The Morgan fingerprint density at radius 2 is 2.04 bits per heavy atom. The summed E-state index contributed by atoms with van der Waals surface area (Å²) >= 11 is 0. The van der Waals surface area contributed by atoms with Crippen molar-refractivity contribution in [2.45, 2.75) is 31.9 Å². The predicted molar refractivity (Wildman–Crippen MR) is 84.5 cm³/mol. The van der Waals surface area contributed by atoms with E-state index in [0.29, 0.717) is 17.8 Å². The highest BCUT2D eigenvalue weighted by molar-refractivity contribution is 5.86. The van der Waals surface area contributed by atoms with Gasteiger partial charge in [-0.1, -0.05) is 6.92 Å². The molecule has 1 fully saturated rings. The molecule has 4 rings (SSSR count). The lowest BCUT2D eigenvalue weighted by atomic mass is 9.68. The summed E-state index contributed by atoms with van der Waals surface area (Å²) in [5.41, 5.74) is 2.55. The number of halogens is 3. The van der Waals surface area contributed by atoms with Gasteiger partial charge in [-0.3, -0.25) is 0 Å². The number of aromatic amines is 1. The summed E-state index contributed by atoms with van der Waals surface area (Å²) < 4.78 is 39.2. The van der Waals surface area contributed by atoms with Gasteiger partial charge in [0.25, 0.3) is 0 Å². The zero-order valence-electron chi connectivity index (χ0n) is 13.4. The lowest BCUT2D eigenvalue weighted by molar-refractivity contribution is -0.137. The maximum Gasteiger partial charge on any atom is 0.416 e. The van der Waals surface area contributed by atoms with Gasteiger partial charge in [0, 0.05) is 23.1 Å². The highest BCUT2D eigenvalue weighted by atomic mass is 19.4. The third kappa shape index (κ3) is 2.36. The maximum atomic E-state index is 13.1. The predicted octanol–water partition coefficient (Wildman–Crippen LogP) is 4.41. The second-order valence-corrected chi connectivity index (χ2v) is 7.24. The van der Waals surface area contributed by atoms with Crippen LogP contribution < -0.4 is 0 Å². The first-order valence-corrected chi connectivity index (χ1v) is 8.25. The minimum atomic E-state index is -4.29. The molecule has 2 heterocycles. The molecule has 2 aromatic rings. The first-order chi connectivity index (χ1) is 10.8. The molecule has 0 amide bonds. The average Bonchev–Trinajstić information content (AvgIpc) is 2.85. The van der Waals surface area contributed by atoms with Gasteiger partial charge in [0.1, 0.15) is 0 Å². The van der Waals surface area contributed by atoms with Gasteiger partial charge in [0.15, 0.2) is 0 Å². The van der Waals surface area contributed by atoms with E-state index in [1.807, 2.05) is 0 Å². The van der Waals surface area contributed by atoms with Crippen molar-refractivity contribution in [3.05, 3.63) is 35.0 Å². The van der Waals surface area contributed by atoms with E-state index in [1.54, 1.807) is 6.07 Å². The van der Waals surface area contributed by atoms with Crippen LogP contribution in [0, 0.1) is 11.8 Å². The Balaban J connectivity index is 1.83. The third-order valence-electron chi connectivity index (χ3n) is 5.82.